The van der Waals surface area contributed by atoms with Gasteiger partial charge in [-0.05, 0) is 31.0 Å². The van der Waals surface area contributed by atoms with Gasteiger partial charge in [-0.1, -0.05) is 12.1 Å². The van der Waals surface area contributed by atoms with Gasteiger partial charge < -0.3 is 10.1 Å². The van der Waals surface area contributed by atoms with Crippen molar-refractivity contribution in [1.29, 1.82) is 0 Å². The second-order valence-electron chi connectivity index (χ2n) is 3.97. The van der Waals surface area contributed by atoms with Crippen LogP contribution in [-0.2, 0) is 0 Å². The molecule has 0 bridgehead atoms. The third-order valence-corrected chi connectivity index (χ3v) is 2.49. The predicted molar refractivity (Wildman–Crippen MR) is 67.5 cm³/mol. The highest BCUT2D eigenvalue weighted by atomic mass is 19.1. The zero-order valence-electron chi connectivity index (χ0n) is 10.5. The molecule has 0 radical (unpaired) electrons. The Hall–Kier alpha value is -2.17. The predicted octanol–water partition coefficient (Wildman–Crippen LogP) is 3.07. The smallest absolute Gasteiger partial charge is 0.260 e. The van der Waals surface area contributed by atoms with Crippen molar-refractivity contribution in [2.75, 3.05) is 12.4 Å². The summed E-state index contributed by atoms with van der Waals surface area (Å²) in [6.45, 7) is 3.84. The molecule has 0 aliphatic rings. The monoisotopic (exact) mass is 247 g/mol. The lowest BCUT2D eigenvalue weighted by Crippen LogP contribution is -2.00. The van der Waals surface area contributed by atoms with Crippen LogP contribution < -0.4 is 10.1 Å². The quantitative estimate of drug-likeness (QED) is 0.905. The van der Waals surface area contributed by atoms with Crippen LogP contribution in [0.5, 0.6) is 11.6 Å². The summed E-state index contributed by atoms with van der Waals surface area (Å²) < 4.78 is 19.0. The van der Waals surface area contributed by atoms with Crippen LogP contribution in [0.2, 0.25) is 0 Å². The van der Waals surface area contributed by atoms with E-state index in [0.29, 0.717) is 11.7 Å². The molecule has 2 aromatic rings. The minimum absolute atomic E-state index is 0.0805. The zero-order chi connectivity index (χ0) is 13.1. The highest BCUT2D eigenvalue weighted by molar-refractivity contribution is 5.39. The number of nitrogens with zero attached hydrogens (tertiary/aromatic N) is 2. The van der Waals surface area contributed by atoms with E-state index in [1.807, 2.05) is 32.0 Å². The van der Waals surface area contributed by atoms with Gasteiger partial charge in [0.1, 0.15) is 5.75 Å². The molecule has 0 atom stereocenters. The first-order valence-corrected chi connectivity index (χ1v) is 5.55. The Kier molecular flexibility index (Phi) is 3.41. The van der Waals surface area contributed by atoms with E-state index in [2.05, 4.69) is 15.3 Å². The largest absolute Gasteiger partial charge is 0.436 e. The maximum Gasteiger partial charge on any atom is 0.260 e. The van der Waals surface area contributed by atoms with Gasteiger partial charge in [-0.15, -0.1) is 0 Å². The van der Waals surface area contributed by atoms with Gasteiger partial charge in [0.05, 0.1) is 6.20 Å². The van der Waals surface area contributed by atoms with Crippen LogP contribution >= 0.6 is 0 Å². The Morgan fingerprint density at radius 2 is 2.06 bits per heavy atom. The highest BCUT2D eigenvalue weighted by Crippen LogP contribution is 2.26. The van der Waals surface area contributed by atoms with E-state index in [9.17, 15) is 4.39 Å². The number of benzene rings is 1. The van der Waals surface area contributed by atoms with E-state index in [1.54, 1.807) is 7.05 Å². The summed E-state index contributed by atoms with van der Waals surface area (Å²) in [5, 5.41) is 2.74. The highest BCUT2D eigenvalue weighted by Gasteiger charge is 2.10. The molecule has 0 saturated heterocycles. The van der Waals surface area contributed by atoms with Gasteiger partial charge in [0.25, 0.3) is 5.88 Å². The maximum atomic E-state index is 13.5. The number of rotatable bonds is 3. The van der Waals surface area contributed by atoms with E-state index in [0.717, 1.165) is 17.3 Å². The lowest BCUT2D eigenvalue weighted by atomic mass is 10.1. The molecule has 1 N–H and O–H groups in total. The van der Waals surface area contributed by atoms with Gasteiger partial charge in [-0.25, -0.2) is 4.98 Å². The van der Waals surface area contributed by atoms with Crippen LogP contribution in [0.25, 0.3) is 0 Å². The number of nitrogens with one attached hydrogen (secondary N) is 1. The fraction of sp³-hybridized carbons (Fsp3) is 0.231. The van der Waals surface area contributed by atoms with Crippen molar-refractivity contribution in [2.45, 2.75) is 13.8 Å². The summed E-state index contributed by atoms with van der Waals surface area (Å²) in [7, 11) is 1.66. The number of ether oxygens (including phenoxy) is 1. The van der Waals surface area contributed by atoms with Gasteiger partial charge in [0.2, 0.25) is 11.8 Å². The standard InChI is InChI=1S/C13H14FN3O/c1-8-4-5-9(2)11(6-8)18-12-10(14)7-16-13(15-3)17-12/h4-7H,1-3H3,(H,15,16,17). The van der Waals surface area contributed by atoms with Crippen molar-refractivity contribution in [3.63, 3.8) is 0 Å². The Bertz CT molecular complexity index is 572. The molecule has 18 heavy (non-hydrogen) atoms. The average Bonchev–Trinajstić information content (AvgIpc) is 2.36. The summed E-state index contributed by atoms with van der Waals surface area (Å²) in [6, 6.07) is 5.73. The van der Waals surface area contributed by atoms with E-state index in [-0.39, 0.29) is 5.88 Å². The normalized spacial score (nSPS) is 10.2. The molecule has 0 saturated carbocycles. The summed E-state index contributed by atoms with van der Waals surface area (Å²) in [5.74, 6) is 0.240. The maximum absolute atomic E-state index is 13.5. The van der Waals surface area contributed by atoms with Crippen molar-refractivity contribution in [3.8, 4) is 11.6 Å². The number of hydrogen-bond acceptors (Lipinski definition) is 4. The molecule has 0 spiro atoms. The van der Waals surface area contributed by atoms with E-state index >= 15 is 0 Å². The molecule has 4 nitrogen and oxygen atoms in total. The Labute approximate surface area is 105 Å². The molecule has 0 aliphatic heterocycles. The molecule has 5 heteroatoms. The van der Waals surface area contributed by atoms with Crippen molar-refractivity contribution in [3.05, 3.63) is 41.3 Å². The van der Waals surface area contributed by atoms with E-state index in [1.165, 1.54) is 0 Å². The van der Waals surface area contributed by atoms with Gasteiger partial charge in [0.15, 0.2) is 0 Å². The SMILES string of the molecule is CNc1ncc(F)c(Oc2cc(C)ccc2C)n1. The molecule has 0 aliphatic carbocycles. The molecule has 0 unspecified atom stereocenters. The number of anilines is 1. The Morgan fingerprint density at radius 1 is 1.28 bits per heavy atom. The second kappa shape index (κ2) is 5.00. The van der Waals surface area contributed by atoms with Crippen LogP contribution in [-0.4, -0.2) is 17.0 Å². The van der Waals surface area contributed by atoms with E-state index < -0.39 is 5.82 Å². The van der Waals surface area contributed by atoms with Gasteiger partial charge in [-0.2, -0.15) is 9.37 Å². The Balaban J connectivity index is 2.36. The number of aromatic nitrogens is 2. The summed E-state index contributed by atoms with van der Waals surface area (Å²) >= 11 is 0. The molecule has 94 valence electrons. The lowest BCUT2D eigenvalue weighted by molar-refractivity contribution is 0.418. The van der Waals surface area contributed by atoms with Gasteiger partial charge in [-0.3, -0.25) is 0 Å². The van der Waals surface area contributed by atoms with Crippen LogP contribution in [0.1, 0.15) is 11.1 Å². The van der Waals surface area contributed by atoms with Crippen molar-refractivity contribution < 1.29 is 9.13 Å². The summed E-state index contributed by atoms with van der Waals surface area (Å²) in [5.41, 5.74) is 1.96. The Morgan fingerprint density at radius 3 is 2.78 bits per heavy atom. The third kappa shape index (κ3) is 2.56. The molecule has 0 fully saturated rings. The number of hydrogen-bond donors (Lipinski definition) is 1. The molecule has 1 aromatic carbocycles. The fourth-order valence-electron chi connectivity index (χ4n) is 1.46. The first-order chi connectivity index (χ1) is 8.60. The van der Waals surface area contributed by atoms with Crippen LogP contribution in [0.3, 0.4) is 0 Å². The number of aryl methyl sites for hydroxylation is 2. The topological polar surface area (TPSA) is 47.0 Å². The second-order valence-corrected chi connectivity index (χ2v) is 3.97. The third-order valence-electron chi connectivity index (χ3n) is 2.49. The van der Waals surface area contributed by atoms with Crippen molar-refractivity contribution in [2.24, 2.45) is 0 Å². The lowest BCUT2D eigenvalue weighted by Gasteiger charge is -2.10. The van der Waals surface area contributed by atoms with Crippen LogP contribution in [0.4, 0.5) is 10.3 Å². The van der Waals surface area contributed by atoms with Crippen LogP contribution in [0, 0.1) is 19.7 Å². The fourth-order valence-corrected chi connectivity index (χ4v) is 1.46. The molecular weight excluding hydrogens is 233 g/mol. The minimum atomic E-state index is -0.588. The van der Waals surface area contributed by atoms with Gasteiger partial charge in [0, 0.05) is 7.05 Å². The first kappa shape index (κ1) is 12.3. The van der Waals surface area contributed by atoms with Crippen LogP contribution in [0.15, 0.2) is 24.4 Å². The summed E-state index contributed by atoms with van der Waals surface area (Å²) in [4.78, 5) is 7.70. The summed E-state index contributed by atoms with van der Waals surface area (Å²) in [6.07, 6.45) is 1.08. The average molecular weight is 247 g/mol. The first-order valence-electron chi connectivity index (χ1n) is 5.55. The molecule has 0 amide bonds. The van der Waals surface area contributed by atoms with Crippen molar-refractivity contribution >= 4 is 5.95 Å². The van der Waals surface area contributed by atoms with Gasteiger partial charge >= 0.3 is 0 Å². The van der Waals surface area contributed by atoms with E-state index in [4.69, 9.17) is 4.74 Å². The zero-order valence-corrected chi connectivity index (χ0v) is 10.5. The molecular formula is C13H14FN3O. The molecule has 1 heterocycles. The molecule has 2 rings (SSSR count). The van der Waals surface area contributed by atoms with Crippen molar-refractivity contribution in [1.82, 2.24) is 9.97 Å². The number of halogens is 1. The minimum Gasteiger partial charge on any atom is -0.436 e. The molecule has 1 aromatic heterocycles.